The molecular weight excluding hydrogens is 484 g/mol. The summed E-state index contributed by atoms with van der Waals surface area (Å²) in [6, 6.07) is 14.4. The summed E-state index contributed by atoms with van der Waals surface area (Å²) < 4.78 is 10.4. The van der Waals surface area contributed by atoms with Crippen molar-refractivity contribution in [1.82, 2.24) is 0 Å². The Kier molecular flexibility index (Phi) is 8.13. The maximum absolute atomic E-state index is 13.6. The third kappa shape index (κ3) is 6.28. The van der Waals surface area contributed by atoms with Gasteiger partial charge >= 0.3 is 5.97 Å². The maximum atomic E-state index is 13.6. The van der Waals surface area contributed by atoms with Crippen LogP contribution in [0.25, 0.3) is 0 Å². The number of esters is 1. The van der Waals surface area contributed by atoms with Gasteiger partial charge in [-0.15, -0.1) is 11.3 Å². The number of hydrogen-bond donors (Lipinski definition) is 1. The number of carbonyl (C=O) groups excluding carboxylic acids is 2. The van der Waals surface area contributed by atoms with Crippen molar-refractivity contribution >= 4 is 40.1 Å². The van der Waals surface area contributed by atoms with Crippen molar-refractivity contribution in [2.24, 2.45) is 16.3 Å². The second-order valence-electron chi connectivity index (χ2n) is 10.3. The Bertz CT molecular complexity index is 1300. The molecule has 0 fully saturated rings. The molecule has 1 aliphatic rings. The molecule has 0 saturated heterocycles. The third-order valence-electron chi connectivity index (χ3n) is 6.78. The van der Waals surface area contributed by atoms with Gasteiger partial charge in [0.15, 0.2) is 0 Å². The van der Waals surface area contributed by atoms with Gasteiger partial charge in [-0.2, -0.15) is 0 Å². The normalized spacial score (nSPS) is 15.3. The molecule has 0 bridgehead atoms. The molecule has 194 valence electrons. The molecule has 3 aromatic rings. The summed E-state index contributed by atoms with van der Waals surface area (Å²) in [5.74, 6) is 0.745. The highest BCUT2D eigenvalue weighted by molar-refractivity contribution is 7.16. The van der Waals surface area contributed by atoms with Crippen molar-refractivity contribution in [2.45, 2.75) is 47.0 Å². The van der Waals surface area contributed by atoms with Gasteiger partial charge in [0.1, 0.15) is 10.8 Å². The van der Waals surface area contributed by atoms with Crippen LogP contribution in [0.5, 0.6) is 5.75 Å². The monoisotopic (exact) mass is 518 g/mol. The molecule has 0 unspecified atom stereocenters. The van der Waals surface area contributed by atoms with Crippen LogP contribution >= 0.6 is 11.3 Å². The molecule has 1 N–H and O–H groups in total. The molecule has 1 aliphatic carbocycles. The first-order valence-corrected chi connectivity index (χ1v) is 13.4. The number of rotatable bonds is 7. The number of amides is 1. The summed E-state index contributed by atoms with van der Waals surface area (Å²) in [5.41, 5.74) is 3.91. The summed E-state index contributed by atoms with van der Waals surface area (Å²) >= 11 is 1.61. The van der Waals surface area contributed by atoms with E-state index in [1.54, 1.807) is 55.9 Å². The van der Waals surface area contributed by atoms with E-state index in [2.05, 4.69) is 26.1 Å². The Labute approximate surface area is 222 Å². The Morgan fingerprint density at radius 2 is 1.92 bits per heavy atom. The third-order valence-corrected chi connectivity index (χ3v) is 7.94. The molecule has 7 heteroatoms. The van der Waals surface area contributed by atoms with Gasteiger partial charge in [-0.1, -0.05) is 32.9 Å². The SMILES string of the molecule is CCOC(=O)c1ccc(NC(=O)c2c(N=Cc3cccc(OC)c3)sc3c2CC[C@H](C(C)(C)C)C3)cc1. The smallest absolute Gasteiger partial charge is 0.338 e. The Morgan fingerprint density at radius 3 is 2.59 bits per heavy atom. The fourth-order valence-electron chi connectivity index (χ4n) is 4.59. The van der Waals surface area contributed by atoms with E-state index in [1.165, 1.54) is 4.88 Å². The van der Waals surface area contributed by atoms with Gasteiger partial charge in [-0.05, 0) is 85.0 Å². The van der Waals surface area contributed by atoms with Gasteiger partial charge in [0.25, 0.3) is 5.91 Å². The van der Waals surface area contributed by atoms with E-state index in [0.29, 0.717) is 34.3 Å². The van der Waals surface area contributed by atoms with Crippen LogP contribution in [0.4, 0.5) is 10.7 Å². The molecule has 0 saturated carbocycles. The lowest BCUT2D eigenvalue weighted by Crippen LogP contribution is -2.27. The van der Waals surface area contributed by atoms with E-state index >= 15 is 0 Å². The van der Waals surface area contributed by atoms with Crippen molar-refractivity contribution in [2.75, 3.05) is 19.0 Å². The fraction of sp³-hybridized carbons (Fsp3) is 0.367. The first kappa shape index (κ1) is 26.6. The Hall–Kier alpha value is -3.45. The van der Waals surface area contributed by atoms with Gasteiger partial charge in [0.05, 0.1) is 24.8 Å². The number of nitrogens with one attached hydrogen (secondary N) is 1. The fourth-order valence-corrected chi connectivity index (χ4v) is 5.86. The van der Waals surface area contributed by atoms with E-state index in [1.807, 2.05) is 24.3 Å². The number of aliphatic imine (C=N–C) groups is 1. The number of thiophene rings is 1. The number of ether oxygens (including phenoxy) is 2. The minimum atomic E-state index is -0.380. The zero-order valence-electron chi connectivity index (χ0n) is 22.1. The molecule has 1 amide bonds. The van der Waals surface area contributed by atoms with Crippen molar-refractivity contribution in [3.8, 4) is 5.75 Å². The number of fused-ring (bicyclic) bond motifs is 1. The molecule has 4 rings (SSSR count). The minimum Gasteiger partial charge on any atom is -0.497 e. The number of nitrogens with zero attached hydrogens (tertiary/aromatic N) is 1. The minimum absolute atomic E-state index is 0.187. The molecule has 0 radical (unpaired) electrons. The largest absolute Gasteiger partial charge is 0.497 e. The van der Waals surface area contributed by atoms with Gasteiger partial charge in [-0.25, -0.2) is 9.79 Å². The molecule has 2 aromatic carbocycles. The standard InChI is InChI=1S/C30H34N2O4S/c1-6-36-29(34)20-10-13-22(14-11-20)32-27(33)26-24-15-12-21(30(2,3)4)17-25(24)37-28(26)31-18-19-8-7-9-23(16-19)35-5/h7-11,13-14,16,18,21H,6,12,15,17H2,1-5H3,(H,32,33)/t21-/m0/s1. The molecular formula is C30H34N2O4S. The van der Waals surface area contributed by atoms with Crippen LogP contribution in [0, 0.1) is 11.3 Å². The van der Waals surface area contributed by atoms with E-state index < -0.39 is 0 Å². The maximum Gasteiger partial charge on any atom is 0.338 e. The van der Waals surface area contributed by atoms with Crippen LogP contribution < -0.4 is 10.1 Å². The molecule has 37 heavy (non-hydrogen) atoms. The predicted molar refractivity (Wildman–Crippen MR) is 150 cm³/mol. The quantitative estimate of drug-likeness (QED) is 0.268. The van der Waals surface area contributed by atoms with E-state index in [4.69, 9.17) is 14.5 Å². The number of hydrogen-bond acceptors (Lipinski definition) is 6. The van der Waals surface area contributed by atoms with Crippen molar-refractivity contribution in [3.05, 3.63) is 75.7 Å². The van der Waals surface area contributed by atoms with Crippen molar-refractivity contribution in [1.29, 1.82) is 0 Å². The van der Waals surface area contributed by atoms with Gasteiger partial charge < -0.3 is 14.8 Å². The number of carbonyl (C=O) groups is 2. The first-order valence-electron chi connectivity index (χ1n) is 12.6. The lowest BCUT2D eigenvalue weighted by Gasteiger charge is -2.33. The predicted octanol–water partition coefficient (Wildman–Crippen LogP) is 7.09. The van der Waals surface area contributed by atoms with Gasteiger partial charge in [0, 0.05) is 16.8 Å². The number of benzene rings is 2. The van der Waals surface area contributed by atoms with Crippen molar-refractivity contribution in [3.63, 3.8) is 0 Å². The average molecular weight is 519 g/mol. The summed E-state index contributed by atoms with van der Waals surface area (Å²) in [6.07, 6.45) is 4.63. The zero-order chi connectivity index (χ0) is 26.6. The second-order valence-corrected chi connectivity index (χ2v) is 11.4. The van der Waals surface area contributed by atoms with Crippen LogP contribution in [0.3, 0.4) is 0 Å². The Balaban J connectivity index is 1.64. The van der Waals surface area contributed by atoms with E-state index in [-0.39, 0.29) is 17.3 Å². The summed E-state index contributed by atoms with van der Waals surface area (Å²) in [7, 11) is 1.64. The molecule has 0 spiro atoms. The second kappa shape index (κ2) is 11.3. The first-order chi connectivity index (χ1) is 17.7. The van der Waals surface area contributed by atoms with Crippen LogP contribution in [-0.2, 0) is 17.6 Å². The van der Waals surface area contributed by atoms with E-state index in [0.717, 1.165) is 36.1 Å². The molecule has 1 heterocycles. The highest BCUT2D eigenvalue weighted by atomic mass is 32.1. The van der Waals surface area contributed by atoms with Gasteiger partial charge in [0.2, 0.25) is 0 Å². The lowest BCUT2D eigenvalue weighted by atomic mass is 9.72. The topological polar surface area (TPSA) is 77.0 Å². The molecule has 0 aliphatic heterocycles. The van der Waals surface area contributed by atoms with E-state index in [9.17, 15) is 9.59 Å². The van der Waals surface area contributed by atoms with Crippen LogP contribution in [0.2, 0.25) is 0 Å². The summed E-state index contributed by atoms with van der Waals surface area (Å²) in [4.78, 5) is 31.6. The average Bonchev–Trinajstić information content (AvgIpc) is 3.25. The van der Waals surface area contributed by atoms with Crippen LogP contribution in [-0.4, -0.2) is 31.8 Å². The highest BCUT2D eigenvalue weighted by Crippen LogP contribution is 2.45. The van der Waals surface area contributed by atoms with Crippen molar-refractivity contribution < 1.29 is 19.1 Å². The number of anilines is 1. The lowest BCUT2D eigenvalue weighted by molar-refractivity contribution is 0.0526. The molecule has 6 nitrogen and oxygen atoms in total. The summed E-state index contributed by atoms with van der Waals surface area (Å²) in [5, 5.41) is 3.72. The Morgan fingerprint density at radius 1 is 1.16 bits per heavy atom. The highest BCUT2D eigenvalue weighted by Gasteiger charge is 2.33. The summed E-state index contributed by atoms with van der Waals surface area (Å²) in [6.45, 7) is 8.94. The van der Waals surface area contributed by atoms with Crippen LogP contribution in [0.15, 0.2) is 53.5 Å². The van der Waals surface area contributed by atoms with Gasteiger partial charge in [-0.3, -0.25) is 4.79 Å². The molecule has 1 aromatic heterocycles. The van der Waals surface area contributed by atoms with Crippen LogP contribution in [0.1, 0.15) is 70.8 Å². The zero-order valence-corrected chi connectivity index (χ0v) is 22.9. The number of methoxy groups -OCH3 is 1. The molecule has 1 atom stereocenters.